The van der Waals surface area contributed by atoms with Crippen LogP contribution >= 0.6 is 11.6 Å². The van der Waals surface area contributed by atoms with Crippen LogP contribution in [0.1, 0.15) is 15.9 Å². The summed E-state index contributed by atoms with van der Waals surface area (Å²) in [5, 5.41) is 14.4. The second kappa shape index (κ2) is 11.4. The van der Waals surface area contributed by atoms with Gasteiger partial charge in [-0.3, -0.25) is 9.69 Å². The maximum absolute atomic E-state index is 13.3. The number of rotatable bonds is 8. The van der Waals surface area contributed by atoms with Gasteiger partial charge in [0.15, 0.2) is 9.84 Å². The molecule has 37 heavy (non-hydrogen) atoms. The Bertz CT molecular complexity index is 1360. The third-order valence-electron chi connectivity index (χ3n) is 6.72. The number of sulfone groups is 1. The number of hydrogen-bond donors (Lipinski definition) is 2. The Hall–Kier alpha value is -2.69. The van der Waals surface area contributed by atoms with Gasteiger partial charge in [0, 0.05) is 68.0 Å². The monoisotopic (exact) mass is 544 g/mol. The molecule has 2 N–H and O–H groups in total. The number of nitrogens with zero attached hydrogens (tertiary/aromatic N) is 3. The van der Waals surface area contributed by atoms with E-state index in [1.165, 1.54) is 12.1 Å². The second-order valence-corrected chi connectivity index (χ2v) is 12.1. The maximum atomic E-state index is 13.3. The molecule has 1 unspecified atom stereocenters. The molecular weight excluding hydrogens is 512 g/mol. The lowest BCUT2D eigenvalue weighted by Crippen LogP contribution is -2.47. The van der Waals surface area contributed by atoms with Crippen LogP contribution in [0.25, 0.3) is 11.3 Å². The highest BCUT2D eigenvalue weighted by molar-refractivity contribution is 7.90. The zero-order valence-corrected chi connectivity index (χ0v) is 22.9. The Morgan fingerprint density at radius 1 is 1.05 bits per heavy atom. The normalized spacial score (nSPS) is 16.0. The summed E-state index contributed by atoms with van der Waals surface area (Å²) in [6, 6.07) is 13.5. The molecule has 1 fully saturated rings. The predicted octanol–water partition coefficient (Wildman–Crippen LogP) is 3.38. The molecule has 1 aliphatic rings. The minimum Gasteiger partial charge on any atom is -0.390 e. The van der Waals surface area contributed by atoms with Crippen LogP contribution in [0.3, 0.4) is 0 Å². The number of aromatic nitrogens is 1. The van der Waals surface area contributed by atoms with Crippen molar-refractivity contribution in [2.24, 2.45) is 0 Å². The lowest BCUT2D eigenvalue weighted by atomic mass is 10.1. The van der Waals surface area contributed by atoms with Gasteiger partial charge in [-0.2, -0.15) is 0 Å². The number of carbonyl (C=O) groups is 1. The molecule has 198 valence electrons. The Balaban J connectivity index is 1.60. The Labute approximate surface area is 223 Å². The molecule has 2 aromatic carbocycles. The van der Waals surface area contributed by atoms with E-state index in [1.807, 2.05) is 29.7 Å². The summed E-state index contributed by atoms with van der Waals surface area (Å²) < 4.78 is 25.4. The molecule has 10 heteroatoms. The highest BCUT2D eigenvalue weighted by Gasteiger charge is 2.23. The van der Waals surface area contributed by atoms with Gasteiger partial charge in [0.05, 0.1) is 22.3 Å². The molecule has 0 bridgehead atoms. The van der Waals surface area contributed by atoms with E-state index < -0.39 is 15.9 Å². The number of hydrogen-bond acceptors (Lipinski definition) is 6. The van der Waals surface area contributed by atoms with E-state index >= 15 is 0 Å². The number of likely N-dealkylation sites (N-methyl/N-ethyl adjacent to an activating group) is 1. The summed E-state index contributed by atoms with van der Waals surface area (Å²) in [7, 11) is -1.23. The molecule has 0 radical (unpaired) electrons. The number of aliphatic hydroxyl groups is 1. The Kier molecular flexibility index (Phi) is 8.40. The predicted molar refractivity (Wildman–Crippen MR) is 147 cm³/mol. The fraction of sp³-hybridized carbons (Fsp3) is 0.370. The molecule has 0 spiro atoms. The average Bonchev–Trinajstić information content (AvgIpc) is 3.16. The zero-order valence-electron chi connectivity index (χ0n) is 21.3. The topological polar surface area (TPSA) is 94.9 Å². The van der Waals surface area contributed by atoms with Gasteiger partial charge in [0.25, 0.3) is 5.91 Å². The third-order valence-corrected chi connectivity index (χ3v) is 8.18. The number of anilines is 1. The maximum Gasteiger partial charge on any atom is 0.257 e. The van der Waals surface area contributed by atoms with Crippen molar-refractivity contribution in [3.05, 3.63) is 70.9 Å². The quantitative estimate of drug-likeness (QED) is 0.451. The molecule has 2 heterocycles. The fourth-order valence-corrected chi connectivity index (χ4v) is 5.50. The van der Waals surface area contributed by atoms with Crippen molar-refractivity contribution in [2.45, 2.75) is 24.5 Å². The Morgan fingerprint density at radius 2 is 1.70 bits per heavy atom. The van der Waals surface area contributed by atoms with E-state index in [0.717, 1.165) is 49.3 Å². The van der Waals surface area contributed by atoms with Crippen LogP contribution in [0.15, 0.2) is 59.6 Å². The van der Waals surface area contributed by atoms with Gasteiger partial charge >= 0.3 is 0 Å². The van der Waals surface area contributed by atoms with Gasteiger partial charge in [-0.05, 0) is 49.9 Å². The van der Waals surface area contributed by atoms with Crippen molar-refractivity contribution < 1.29 is 18.3 Å². The van der Waals surface area contributed by atoms with Gasteiger partial charge in [0.1, 0.15) is 0 Å². The van der Waals surface area contributed by atoms with E-state index in [2.05, 4.69) is 22.2 Å². The average molecular weight is 545 g/mol. The molecule has 1 aromatic heterocycles. The second-order valence-electron chi connectivity index (χ2n) is 9.66. The van der Waals surface area contributed by atoms with Crippen molar-refractivity contribution in [1.29, 1.82) is 0 Å². The van der Waals surface area contributed by atoms with Crippen LogP contribution < -0.4 is 5.32 Å². The van der Waals surface area contributed by atoms with E-state index in [1.54, 1.807) is 24.4 Å². The van der Waals surface area contributed by atoms with Crippen molar-refractivity contribution in [2.75, 3.05) is 51.3 Å². The first-order chi connectivity index (χ1) is 17.5. The number of carbonyl (C=O) groups excluding carboxylic acids is 1. The molecule has 3 aromatic rings. The van der Waals surface area contributed by atoms with Crippen LogP contribution in [-0.2, 0) is 16.4 Å². The number of benzene rings is 2. The number of nitrogens with one attached hydrogen (secondary N) is 1. The first kappa shape index (κ1) is 27.3. The molecule has 1 amide bonds. The summed E-state index contributed by atoms with van der Waals surface area (Å²) in [5.41, 5.74) is 3.24. The van der Waals surface area contributed by atoms with E-state index in [0.29, 0.717) is 29.4 Å². The largest absolute Gasteiger partial charge is 0.390 e. The SMILES string of the molecule is Cc1c(C(=O)Nc2ccc(S(C)(=O)=O)cc2)cn(CC(O)CN2CCN(C)CC2)c1-c1ccccc1Cl. The van der Waals surface area contributed by atoms with Gasteiger partial charge in [-0.1, -0.05) is 29.8 Å². The third kappa shape index (κ3) is 6.61. The van der Waals surface area contributed by atoms with Crippen LogP contribution in [0.2, 0.25) is 5.02 Å². The number of piperazine rings is 1. The lowest BCUT2D eigenvalue weighted by molar-refractivity contribution is 0.0713. The summed E-state index contributed by atoms with van der Waals surface area (Å²) in [6.45, 7) is 6.46. The van der Waals surface area contributed by atoms with Gasteiger partial charge in [-0.25, -0.2) is 8.42 Å². The first-order valence-corrected chi connectivity index (χ1v) is 14.4. The minimum atomic E-state index is -3.33. The summed E-state index contributed by atoms with van der Waals surface area (Å²) in [4.78, 5) is 18.0. The van der Waals surface area contributed by atoms with E-state index in [4.69, 9.17) is 11.6 Å². The molecule has 1 atom stereocenters. The zero-order chi connectivity index (χ0) is 26.7. The molecule has 8 nitrogen and oxygen atoms in total. The molecule has 0 aliphatic carbocycles. The highest BCUT2D eigenvalue weighted by Crippen LogP contribution is 2.33. The fourth-order valence-electron chi connectivity index (χ4n) is 4.64. The van der Waals surface area contributed by atoms with Crippen LogP contribution in [0.4, 0.5) is 5.69 Å². The van der Waals surface area contributed by atoms with Gasteiger partial charge in [0.2, 0.25) is 0 Å². The van der Waals surface area contributed by atoms with Crippen LogP contribution in [0.5, 0.6) is 0 Å². The van der Waals surface area contributed by atoms with Crippen molar-refractivity contribution in [3.8, 4) is 11.3 Å². The molecule has 1 aliphatic heterocycles. The van der Waals surface area contributed by atoms with Crippen LogP contribution in [-0.4, -0.2) is 85.9 Å². The van der Waals surface area contributed by atoms with Crippen molar-refractivity contribution in [1.82, 2.24) is 14.4 Å². The summed E-state index contributed by atoms with van der Waals surface area (Å²) in [6.07, 6.45) is 2.26. The smallest absolute Gasteiger partial charge is 0.257 e. The van der Waals surface area contributed by atoms with Crippen molar-refractivity contribution >= 4 is 33.0 Å². The molecule has 0 saturated carbocycles. The number of halogens is 1. The van der Waals surface area contributed by atoms with Gasteiger partial charge < -0.3 is 19.9 Å². The standard InChI is InChI=1S/C27H33ClN4O4S/c1-19-24(27(34)29-20-8-10-22(11-9-20)37(3,35)36)18-32(26(19)23-6-4-5-7-25(23)28)17-21(33)16-31-14-12-30(2)13-15-31/h4-11,18,21,33H,12-17H2,1-3H3,(H,29,34). The molecule has 4 rings (SSSR count). The van der Waals surface area contributed by atoms with E-state index in [9.17, 15) is 18.3 Å². The first-order valence-electron chi connectivity index (χ1n) is 12.2. The minimum absolute atomic E-state index is 0.183. The molecule has 1 saturated heterocycles. The summed E-state index contributed by atoms with van der Waals surface area (Å²) >= 11 is 6.54. The van der Waals surface area contributed by atoms with Crippen molar-refractivity contribution in [3.63, 3.8) is 0 Å². The number of amides is 1. The summed E-state index contributed by atoms with van der Waals surface area (Å²) in [5.74, 6) is -0.329. The van der Waals surface area contributed by atoms with Gasteiger partial charge in [-0.15, -0.1) is 0 Å². The van der Waals surface area contributed by atoms with Crippen LogP contribution in [0, 0.1) is 6.92 Å². The highest BCUT2D eigenvalue weighted by atomic mass is 35.5. The number of aliphatic hydroxyl groups excluding tert-OH is 1. The number of β-amino-alcohol motifs (C(OH)–C–C–N with tert-alkyl or cyclic N) is 1. The van der Waals surface area contributed by atoms with E-state index in [-0.39, 0.29) is 10.8 Å². The molecular formula is C27H33ClN4O4S. The Morgan fingerprint density at radius 3 is 2.32 bits per heavy atom. The lowest BCUT2D eigenvalue weighted by Gasteiger charge is -2.33.